The van der Waals surface area contributed by atoms with Crippen LogP contribution in [0.1, 0.15) is 86.5 Å². The molecule has 0 radical (unpaired) electrons. The zero-order valence-corrected chi connectivity index (χ0v) is 19.2. The Labute approximate surface area is 169 Å². The molecule has 2 fully saturated rings. The Bertz CT molecular complexity index is 454. The molecule has 0 amide bonds. The molecule has 0 unspecified atom stereocenters. The van der Waals surface area contributed by atoms with Crippen LogP contribution in [0.5, 0.6) is 0 Å². The number of hydrogen-bond donors (Lipinski definition) is 0. The highest BCUT2D eigenvalue weighted by Gasteiger charge is 2.39. The molecule has 2 heterocycles. The number of ether oxygens (including phenoxy) is 1. The van der Waals surface area contributed by atoms with Crippen LogP contribution in [0.3, 0.4) is 0 Å². The smallest absolute Gasteiger partial charge is 0.0520 e. The van der Waals surface area contributed by atoms with E-state index in [1.54, 1.807) is 0 Å². The molecule has 3 heteroatoms. The molecule has 0 aromatic rings. The summed E-state index contributed by atoms with van der Waals surface area (Å²) in [6.07, 6.45) is 8.82. The minimum Gasteiger partial charge on any atom is -0.381 e. The van der Waals surface area contributed by atoms with E-state index >= 15 is 0 Å². The maximum Gasteiger partial charge on any atom is 0.0520 e. The van der Waals surface area contributed by atoms with Crippen molar-refractivity contribution < 1.29 is 4.74 Å². The van der Waals surface area contributed by atoms with E-state index < -0.39 is 0 Å². The first-order chi connectivity index (χ1) is 12.5. The summed E-state index contributed by atoms with van der Waals surface area (Å²) in [6.45, 7) is 24.9. The molecule has 0 aromatic heterocycles. The van der Waals surface area contributed by atoms with Crippen molar-refractivity contribution >= 4 is 0 Å². The number of hydrogen-bond acceptors (Lipinski definition) is 3. The SMILES string of the molecule is C=C(CCOCCCC(C)(C)C)N1CCC2(CC1)CCN(C(C)(C)C)CC2. The highest BCUT2D eigenvalue weighted by atomic mass is 16.5. The fraction of sp³-hybridized carbons (Fsp3) is 0.917. The fourth-order valence-corrected chi connectivity index (χ4v) is 4.60. The molecular weight excluding hydrogens is 332 g/mol. The van der Waals surface area contributed by atoms with Crippen molar-refractivity contribution in [3.63, 3.8) is 0 Å². The van der Waals surface area contributed by atoms with Gasteiger partial charge in [-0.25, -0.2) is 0 Å². The molecular formula is C24H46N2O. The normalized spacial score (nSPS) is 21.6. The lowest BCUT2D eigenvalue weighted by molar-refractivity contribution is 0.00822. The number of piperidine rings is 2. The van der Waals surface area contributed by atoms with E-state index in [-0.39, 0.29) is 0 Å². The van der Waals surface area contributed by atoms with E-state index in [0.717, 1.165) is 26.1 Å². The average molecular weight is 379 g/mol. The number of nitrogens with zero attached hydrogens (tertiary/aromatic N) is 2. The Balaban J connectivity index is 1.62. The van der Waals surface area contributed by atoms with Gasteiger partial charge in [0.1, 0.15) is 0 Å². The summed E-state index contributed by atoms with van der Waals surface area (Å²) in [7, 11) is 0. The molecule has 2 rings (SSSR count). The molecule has 3 nitrogen and oxygen atoms in total. The predicted octanol–water partition coefficient (Wildman–Crippen LogP) is 5.71. The zero-order valence-electron chi connectivity index (χ0n) is 19.2. The number of likely N-dealkylation sites (tertiary alicyclic amines) is 2. The predicted molar refractivity (Wildman–Crippen MR) is 117 cm³/mol. The average Bonchev–Trinajstić information content (AvgIpc) is 2.57. The largest absolute Gasteiger partial charge is 0.381 e. The molecule has 0 bridgehead atoms. The summed E-state index contributed by atoms with van der Waals surface area (Å²) in [4.78, 5) is 5.19. The Kier molecular flexibility index (Phi) is 7.84. The molecule has 0 aromatic carbocycles. The lowest BCUT2D eigenvalue weighted by atomic mass is 9.70. The minimum atomic E-state index is 0.323. The topological polar surface area (TPSA) is 15.7 Å². The zero-order chi connectivity index (χ0) is 20.1. The molecule has 0 N–H and O–H groups in total. The second-order valence-corrected chi connectivity index (χ2v) is 11.2. The Morgan fingerprint density at radius 2 is 1.44 bits per heavy atom. The lowest BCUT2D eigenvalue weighted by Crippen LogP contribution is -2.51. The third-order valence-electron chi connectivity index (χ3n) is 6.79. The van der Waals surface area contributed by atoms with Gasteiger partial charge < -0.3 is 9.64 Å². The standard InChI is InChI=1S/C24H46N2O/c1-21(9-20-27-19-8-10-22(2,3)4)25-15-11-24(12-16-25)13-17-26(18-14-24)23(5,6)7/h1,8-20H2,2-7H3. The van der Waals surface area contributed by atoms with Crippen molar-refractivity contribution in [3.05, 3.63) is 12.3 Å². The van der Waals surface area contributed by atoms with E-state index in [9.17, 15) is 0 Å². The summed E-state index contributed by atoms with van der Waals surface area (Å²) < 4.78 is 5.85. The highest BCUT2D eigenvalue weighted by Crippen LogP contribution is 2.43. The molecule has 2 aliphatic rings. The van der Waals surface area contributed by atoms with Crippen LogP contribution in [0.2, 0.25) is 0 Å². The summed E-state index contributed by atoms with van der Waals surface area (Å²) in [5.74, 6) is 0. The van der Waals surface area contributed by atoms with Crippen LogP contribution in [0, 0.1) is 10.8 Å². The van der Waals surface area contributed by atoms with Crippen molar-refractivity contribution in [1.82, 2.24) is 9.80 Å². The second-order valence-electron chi connectivity index (χ2n) is 11.2. The Morgan fingerprint density at radius 1 is 0.889 bits per heavy atom. The van der Waals surface area contributed by atoms with Crippen LogP contribution in [0.15, 0.2) is 12.3 Å². The minimum absolute atomic E-state index is 0.323. The molecule has 158 valence electrons. The molecule has 0 atom stereocenters. The first-order valence-electron chi connectivity index (χ1n) is 11.3. The molecule has 0 saturated carbocycles. The van der Waals surface area contributed by atoms with Gasteiger partial charge in [-0.3, -0.25) is 4.90 Å². The van der Waals surface area contributed by atoms with Gasteiger partial charge in [-0.05, 0) is 83.2 Å². The maximum absolute atomic E-state index is 5.85. The number of rotatable bonds is 7. The van der Waals surface area contributed by atoms with Gasteiger partial charge in [-0.1, -0.05) is 27.4 Å². The van der Waals surface area contributed by atoms with Crippen LogP contribution in [0.4, 0.5) is 0 Å². The van der Waals surface area contributed by atoms with E-state index in [4.69, 9.17) is 4.74 Å². The highest BCUT2D eigenvalue weighted by molar-refractivity contribution is 5.00. The van der Waals surface area contributed by atoms with E-state index in [1.165, 1.54) is 64.0 Å². The van der Waals surface area contributed by atoms with Gasteiger partial charge in [-0.2, -0.15) is 0 Å². The van der Waals surface area contributed by atoms with Gasteiger partial charge in [0.2, 0.25) is 0 Å². The van der Waals surface area contributed by atoms with Gasteiger partial charge in [0.25, 0.3) is 0 Å². The van der Waals surface area contributed by atoms with Gasteiger partial charge in [-0.15, -0.1) is 0 Å². The van der Waals surface area contributed by atoms with Gasteiger partial charge in [0.05, 0.1) is 6.61 Å². The summed E-state index contributed by atoms with van der Waals surface area (Å²) >= 11 is 0. The summed E-state index contributed by atoms with van der Waals surface area (Å²) in [5.41, 5.74) is 2.62. The Hall–Kier alpha value is -0.540. The lowest BCUT2D eigenvalue weighted by Gasteiger charge is -2.50. The third-order valence-corrected chi connectivity index (χ3v) is 6.79. The first kappa shape index (κ1) is 22.7. The molecule has 2 saturated heterocycles. The fourth-order valence-electron chi connectivity index (χ4n) is 4.60. The van der Waals surface area contributed by atoms with Gasteiger partial charge >= 0.3 is 0 Å². The molecule has 1 spiro atoms. The van der Waals surface area contributed by atoms with Crippen molar-refractivity contribution in [2.75, 3.05) is 39.4 Å². The van der Waals surface area contributed by atoms with Crippen LogP contribution >= 0.6 is 0 Å². The molecule has 2 aliphatic heterocycles. The van der Waals surface area contributed by atoms with Crippen molar-refractivity contribution in [2.45, 2.75) is 92.0 Å². The van der Waals surface area contributed by atoms with E-state index in [0.29, 0.717) is 16.4 Å². The molecule has 0 aliphatic carbocycles. The van der Waals surface area contributed by atoms with Crippen LogP contribution in [0.25, 0.3) is 0 Å². The van der Waals surface area contributed by atoms with E-state index in [2.05, 4.69) is 57.9 Å². The second kappa shape index (κ2) is 9.31. The third kappa shape index (κ3) is 7.42. The van der Waals surface area contributed by atoms with Crippen LogP contribution < -0.4 is 0 Å². The van der Waals surface area contributed by atoms with Crippen LogP contribution in [-0.2, 0) is 4.74 Å². The molecule has 27 heavy (non-hydrogen) atoms. The van der Waals surface area contributed by atoms with Crippen molar-refractivity contribution in [1.29, 1.82) is 0 Å². The van der Waals surface area contributed by atoms with Gasteiger partial charge in [0.15, 0.2) is 0 Å². The maximum atomic E-state index is 5.85. The van der Waals surface area contributed by atoms with Crippen molar-refractivity contribution in [3.8, 4) is 0 Å². The summed E-state index contributed by atoms with van der Waals surface area (Å²) in [5, 5.41) is 0. The quantitative estimate of drug-likeness (QED) is 0.528. The summed E-state index contributed by atoms with van der Waals surface area (Å²) in [6, 6.07) is 0. The van der Waals surface area contributed by atoms with Crippen molar-refractivity contribution in [2.24, 2.45) is 10.8 Å². The van der Waals surface area contributed by atoms with E-state index in [1.807, 2.05) is 0 Å². The Morgan fingerprint density at radius 3 is 1.96 bits per heavy atom. The van der Waals surface area contributed by atoms with Gasteiger partial charge in [0, 0.05) is 37.4 Å². The first-order valence-corrected chi connectivity index (χ1v) is 11.3. The monoisotopic (exact) mass is 378 g/mol. The van der Waals surface area contributed by atoms with Crippen LogP contribution in [-0.4, -0.2) is 54.7 Å².